The molecule has 1 aromatic rings. The molecule has 1 aromatic carbocycles. The summed E-state index contributed by atoms with van der Waals surface area (Å²) >= 11 is 0. The van der Waals surface area contributed by atoms with Gasteiger partial charge in [0, 0.05) is 13.1 Å². The van der Waals surface area contributed by atoms with E-state index in [2.05, 4.69) is 24.5 Å². The number of rotatable bonds is 14. The molecule has 0 radical (unpaired) electrons. The van der Waals surface area contributed by atoms with Crippen molar-refractivity contribution in [3.8, 4) is 0 Å². The number of hydrogen-bond donors (Lipinski definition) is 2. The maximum absolute atomic E-state index is 14.1. The average Bonchev–Trinajstić information content (AvgIpc) is 2.77. The van der Waals surface area contributed by atoms with Gasteiger partial charge in [-0.2, -0.15) is 0 Å². The molecule has 0 saturated heterocycles. The van der Waals surface area contributed by atoms with E-state index in [1.165, 1.54) is 0 Å². The topological polar surface area (TPSA) is 87.7 Å². The third-order valence-corrected chi connectivity index (χ3v) is 5.76. The van der Waals surface area contributed by atoms with Gasteiger partial charge < -0.3 is 20.3 Å². The minimum absolute atomic E-state index is 0.155. The summed E-state index contributed by atoms with van der Waals surface area (Å²) in [6, 6.07) is 6.18. The van der Waals surface area contributed by atoms with Gasteiger partial charge in [-0.25, -0.2) is 4.79 Å². The molecule has 0 aliphatic carbocycles. The number of ether oxygens (including phenoxy) is 1. The van der Waals surface area contributed by atoms with Gasteiger partial charge in [-0.15, -0.1) is 0 Å². The standard InChI is InChI=1S/C29H49N3O4/c1-9-11-13-19-32(27(34)24(20-21(3)4)31-28(35)36-29(6,7)8)25(26(33)30-18-12-10-2)23-16-14-22(5)15-17-23/h14-17,21,24-25H,9-13,18-20H2,1-8H3,(H,30,33)(H,31,35). The van der Waals surface area contributed by atoms with Crippen molar-refractivity contribution in [3.63, 3.8) is 0 Å². The maximum atomic E-state index is 14.1. The van der Waals surface area contributed by atoms with E-state index >= 15 is 0 Å². The van der Waals surface area contributed by atoms with Gasteiger partial charge >= 0.3 is 6.09 Å². The zero-order valence-electron chi connectivity index (χ0n) is 23.8. The van der Waals surface area contributed by atoms with Crippen LogP contribution in [0.5, 0.6) is 0 Å². The van der Waals surface area contributed by atoms with E-state index in [1.54, 1.807) is 25.7 Å². The first-order chi connectivity index (χ1) is 16.9. The van der Waals surface area contributed by atoms with Crippen molar-refractivity contribution < 1.29 is 19.1 Å². The number of hydrogen-bond acceptors (Lipinski definition) is 4. The summed E-state index contributed by atoms with van der Waals surface area (Å²) in [6.07, 6.45) is 4.35. The number of benzene rings is 1. The zero-order valence-corrected chi connectivity index (χ0v) is 23.8. The summed E-state index contributed by atoms with van der Waals surface area (Å²) < 4.78 is 5.45. The molecule has 0 fully saturated rings. The fraction of sp³-hybridized carbons (Fsp3) is 0.690. The van der Waals surface area contributed by atoms with E-state index in [-0.39, 0.29) is 17.7 Å². The molecule has 0 aromatic heterocycles. The Bertz CT molecular complexity index is 815. The molecular formula is C29H49N3O4. The maximum Gasteiger partial charge on any atom is 0.408 e. The molecule has 7 heteroatoms. The Morgan fingerprint density at radius 1 is 0.972 bits per heavy atom. The van der Waals surface area contributed by atoms with Crippen LogP contribution in [0, 0.1) is 12.8 Å². The third-order valence-electron chi connectivity index (χ3n) is 5.76. The lowest BCUT2D eigenvalue weighted by Crippen LogP contribution is -2.53. The molecular weight excluding hydrogens is 454 g/mol. The van der Waals surface area contributed by atoms with Crippen molar-refractivity contribution in [1.29, 1.82) is 0 Å². The van der Waals surface area contributed by atoms with Crippen molar-refractivity contribution in [2.45, 2.75) is 112 Å². The molecule has 0 aliphatic heterocycles. The number of aryl methyl sites for hydroxylation is 1. The fourth-order valence-corrected chi connectivity index (χ4v) is 3.95. The summed E-state index contributed by atoms with van der Waals surface area (Å²) in [4.78, 5) is 41.9. The number of carbonyl (C=O) groups is 3. The Hall–Kier alpha value is -2.57. The van der Waals surface area contributed by atoms with Gasteiger partial charge in [-0.1, -0.05) is 76.8 Å². The molecule has 7 nitrogen and oxygen atoms in total. The summed E-state index contributed by atoms with van der Waals surface area (Å²) in [5.74, 6) is -0.304. The molecule has 2 unspecified atom stereocenters. The number of unbranched alkanes of at least 4 members (excludes halogenated alkanes) is 3. The van der Waals surface area contributed by atoms with Crippen LogP contribution in [-0.4, -0.2) is 47.5 Å². The van der Waals surface area contributed by atoms with Crippen molar-refractivity contribution in [2.24, 2.45) is 5.92 Å². The molecule has 3 amide bonds. The highest BCUT2D eigenvalue weighted by atomic mass is 16.6. The Morgan fingerprint density at radius 2 is 1.58 bits per heavy atom. The highest BCUT2D eigenvalue weighted by molar-refractivity contribution is 5.92. The summed E-state index contributed by atoms with van der Waals surface area (Å²) in [7, 11) is 0. The number of nitrogens with one attached hydrogen (secondary N) is 2. The zero-order chi connectivity index (χ0) is 27.3. The first kappa shape index (κ1) is 31.5. The predicted octanol–water partition coefficient (Wildman–Crippen LogP) is 5.91. The first-order valence-corrected chi connectivity index (χ1v) is 13.5. The average molecular weight is 504 g/mol. The summed E-state index contributed by atoms with van der Waals surface area (Å²) in [5.41, 5.74) is 1.16. The monoisotopic (exact) mass is 503 g/mol. The molecule has 204 valence electrons. The van der Waals surface area contributed by atoms with E-state index in [0.717, 1.165) is 43.2 Å². The molecule has 2 N–H and O–H groups in total. The first-order valence-electron chi connectivity index (χ1n) is 13.5. The highest BCUT2D eigenvalue weighted by Gasteiger charge is 2.36. The fourth-order valence-electron chi connectivity index (χ4n) is 3.95. The van der Waals surface area contributed by atoms with E-state index in [9.17, 15) is 14.4 Å². The molecule has 0 bridgehead atoms. The Kier molecular flexibility index (Phi) is 13.6. The van der Waals surface area contributed by atoms with Gasteiger partial charge in [-0.05, 0) is 58.4 Å². The van der Waals surface area contributed by atoms with Gasteiger partial charge in [0.15, 0.2) is 0 Å². The van der Waals surface area contributed by atoms with Gasteiger partial charge in [0.1, 0.15) is 17.7 Å². The minimum atomic E-state index is -0.794. The van der Waals surface area contributed by atoms with Gasteiger partial charge in [0.2, 0.25) is 11.8 Å². The molecule has 0 aliphatic rings. The lowest BCUT2D eigenvalue weighted by Gasteiger charge is -2.35. The van der Waals surface area contributed by atoms with Gasteiger partial charge in [-0.3, -0.25) is 9.59 Å². The number of amides is 3. The normalized spacial score (nSPS) is 13.1. The number of alkyl carbamates (subject to hydrolysis) is 1. The van der Waals surface area contributed by atoms with E-state index in [4.69, 9.17) is 4.74 Å². The lowest BCUT2D eigenvalue weighted by molar-refractivity contribution is -0.143. The second-order valence-electron chi connectivity index (χ2n) is 11.0. The number of carbonyl (C=O) groups excluding carboxylic acids is 3. The third kappa shape index (κ3) is 11.4. The van der Waals surface area contributed by atoms with Crippen molar-refractivity contribution in [1.82, 2.24) is 15.5 Å². The highest BCUT2D eigenvalue weighted by Crippen LogP contribution is 2.25. The van der Waals surface area contributed by atoms with Gasteiger partial charge in [0.25, 0.3) is 0 Å². The summed E-state index contributed by atoms with van der Waals surface area (Å²) in [5, 5.41) is 5.83. The van der Waals surface area contributed by atoms with Crippen LogP contribution >= 0.6 is 0 Å². The lowest BCUT2D eigenvalue weighted by atomic mass is 9.98. The van der Waals surface area contributed by atoms with E-state index < -0.39 is 23.8 Å². The Morgan fingerprint density at radius 3 is 2.11 bits per heavy atom. The van der Waals surface area contributed by atoms with Crippen LogP contribution in [0.15, 0.2) is 24.3 Å². The number of nitrogens with zero attached hydrogens (tertiary/aromatic N) is 1. The quantitative estimate of drug-likeness (QED) is 0.309. The molecule has 1 rings (SSSR count). The Labute approximate surface area is 218 Å². The molecule has 36 heavy (non-hydrogen) atoms. The smallest absolute Gasteiger partial charge is 0.408 e. The Balaban J connectivity index is 3.41. The van der Waals surface area contributed by atoms with Crippen molar-refractivity contribution >= 4 is 17.9 Å². The van der Waals surface area contributed by atoms with Crippen LogP contribution in [0.1, 0.15) is 104 Å². The molecule has 0 saturated carbocycles. The van der Waals surface area contributed by atoms with E-state index in [1.807, 2.05) is 45.0 Å². The van der Waals surface area contributed by atoms with Crippen molar-refractivity contribution in [3.05, 3.63) is 35.4 Å². The SMILES string of the molecule is CCCCCN(C(=O)C(CC(C)C)NC(=O)OC(C)(C)C)C(C(=O)NCCCC)c1ccc(C)cc1. The largest absolute Gasteiger partial charge is 0.444 e. The van der Waals surface area contributed by atoms with Crippen LogP contribution in [0.25, 0.3) is 0 Å². The van der Waals surface area contributed by atoms with Crippen LogP contribution in [0.2, 0.25) is 0 Å². The van der Waals surface area contributed by atoms with Crippen LogP contribution in [0.3, 0.4) is 0 Å². The van der Waals surface area contributed by atoms with E-state index in [0.29, 0.717) is 19.5 Å². The van der Waals surface area contributed by atoms with Gasteiger partial charge in [0.05, 0.1) is 0 Å². The predicted molar refractivity (Wildman–Crippen MR) is 146 cm³/mol. The minimum Gasteiger partial charge on any atom is -0.444 e. The molecule has 2 atom stereocenters. The molecule has 0 spiro atoms. The van der Waals surface area contributed by atoms with Crippen LogP contribution < -0.4 is 10.6 Å². The summed E-state index contributed by atoms with van der Waals surface area (Å²) in [6.45, 7) is 16.5. The second-order valence-corrected chi connectivity index (χ2v) is 11.0. The molecule has 0 heterocycles. The van der Waals surface area contributed by atoms with Crippen molar-refractivity contribution in [2.75, 3.05) is 13.1 Å². The van der Waals surface area contributed by atoms with Crippen LogP contribution in [0.4, 0.5) is 4.79 Å². The second kappa shape index (κ2) is 15.5. The van der Waals surface area contributed by atoms with Crippen LogP contribution in [-0.2, 0) is 14.3 Å².